The summed E-state index contributed by atoms with van der Waals surface area (Å²) in [6.45, 7) is 1.95. The Morgan fingerprint density at radius 2 is 2.07 bits per heavy atom. The number of hydrogen-bond acceptors (Lipinski definition) is 4. The highest BCUT2D eigenvalue weighted by atomic mass is 19.4. The first-order valence-electron chi connectivity index (χ1n) is 8.52. The Morgan fingerprint density at radius 1 is 1.31 bits per heavy atom. The lowest BCUT2D eigenvalue weighted by molar-refractivity contribution is -0.118. The number of alkyl halides is 3. The molecule has 0 radical (unpaired) electrons. The third-order valence-corrected chi connectivity index (χ3v) is 3.67. The van der Waals surface area contributed by atoms with Gasteiger partial charge in [0.25, 0.3) is 5.91 Å². The Balaban J connectivity index is 2.20. The number of amides is 1. The normalized spacial score (nSPS) is 12.2. The van der Waals surface area contributed by atoms with E-state index >= 15 is 0 Å². The van der Waals surface area contributed by atoms with Crippen LogP contribution >= 0.6 is 0 Å². The van der Waals surface area contributed by atoms with E-state index in [1.54, 1.807) is 36.7 Å². The van der Waals surface area contributed by atoms with Crippen molar-refractivity contribution in [2.75, 3.05) is 6.54 Å². The van der Waals surface area contributed by atoms with E-state index in [2.05, 4.69) is 27.1 Å². The third-order valence-electron chi connectivity index (χ3n) is 3.67. The summed E-state index contributed by atoms with van der Waals surface area (Å²) in [6, 6.07) is 8.51. The zero-order chi connectivity index (χ0) is 21.4. The number of aliphatic imine (C=N–C) groups is 1. The number of nitrogens with one attached hydrogen (secondary N) is 1. The smallest absolute Gasteiger partial charge is 0.401 e. The molecular weight excluding hydrogens is 381 g/mol. The molecule has 0 bridgehead atoms. The van der Waals surface area contributed by atoms with Gasteiger partial charge in [-0.25, -0.2) is 0 Å². The minimum Gasteiger partial charge on any atom is -0.401 e. The van der Waals surface area contributed by atoms with Crippen LogP contribution in [0.15, 0.2) is 59.1 Å². The Bertz CT molecular complexity index is 996. The minimum absolute atomic E-state index is 0.00261. The monoisotopic (exact) mass is 400 g/mol. The summed E-state index contributed by atoms with van der Waals surface area (Å²) in [7, 11) is 0. The van der Waals surface area contributed by atoms with Crippen molar-refractivity contribution in [3.8, 4) is 11.8 Å². The number of pyridine rings is 1. The first kappa shape index (κ1) is 21.7. The zero-order valence-electron chi connectivity index (χ0n) is 15.8. The number of rotatable bonds is 4. The van der Waals surface area contributed by atoms with Crippen molar-refractivity contribution >= 4 is 12.1 Å². The number of benzene rings is 1. The Labute approximate surface area is 166 Å². The molecular formula is C21H19F3N4O. The van der Waals surface area contributed by atoms with E-state index in [-0.39, 0.29) is 17.0 Å². The lowest BCUT2D eigenvalue weighted by atomic mass is 10.0. The van der Waals surface area contributed by atoms with E-state index in [1.807, 2.05) is 13.0 Å². The van der Waals surface area contributed by atoms with Gasteiger partial charge in [0, 0.05) is 41.0 Å². The molecule has 0 atom stereocenters. The van der Waals surface area contributed by atoms with E-state index in [9.17, 15) is 18.0 Å². The molecule has 0 fully saturated rings. The number of allylic oxidation sites excluding steroid dienone is 2. The summed E-state index contributed by atoms with van der Waals surface area (Å²) >= 11 is 0. The van der Waals surface area contributed by atoms with Crippen LogP contribution in [0.25, 0.3) is 0 Å². The SMILES string of the molecule is CC(N)=C(C=NCC(F)(F)F)NC(=O)c1ccc(C)c(C#Cc2cccnc2)c1. The van der Waals surface area contributed by atoms with Crippen LogP contribution in [0.1, 0.15) is 34.0 Å². The summed E-state index contributed by atoms with van der Waals surface area (Å²) in [6.07, 6.45) is -0.269. The molecule has 0 aliphatic heterocycles. The second kappa shape index (κ2) is 9.55. The molecule has 0 unspecified atom stereocenters. The van der Waals surface area contributed by atoms with E-state index < -0.39 is 18.6 Å². The van der Waals surface area contributed by atoms with Crippen LogP contribution in [0, 0.1) is 18.8 Å². The molecule has 5 nitrogen and oxygen atoms in total. The van der Waals surface area contributed by atoms with Crippen LogP contribution in [-0.4, -0.2) is 29.8 Å². The van der Waals surface area contributed by atoms with Gasteiger partial charge in [0.2, 0.25) is 0 Å². The van der Waals surface area contributed by atoms with Crippen LogP contribution < -0.4 is 11.1 Å². The average molecular weight is 400 g/mol. The topological polar surface area (TPSA) is 80.4 Å². The minimum atomic E-state index is -4.44. The summed E-state index contributed by atoms with van der Waals surface area (Å²) in [5, 5.41) is 2.48. The molecule has 2 aromatic rings. The summed E-state index contributed by atoms with van der Waals surface area (Å²) in [5.74, 6) is 5.43. The lowest BCUT2D eigenvalue weighted by Gasteiger charge is -2.09. The molecule has 0 spiro atoms. The van der Waals surface area contributed by atoms with Gasteiger partial charge < -0.3 is 11.1 Å². The Kier molecular flexibility index (Phi) is 7.15. The number of aromatic nitrogens is 1. The molecule has 1 heterocycles. The number of aryl methyl sites for hydroxylation is 1. The van der Waals surface area contributed by atoms with Crippen molar-refractivity contribution < 1.29 is 18.0 Å². The molecule has 29 heavy (non-hydrogen) atoms. The maximum Gasteiger partial charge on any atom is 0.407 e. The van der Waals surface area contributed by atoms with E-state index in [1.165, 1.54) is 6.92 Å². The third kappa shape index (κ3) is 7.14. The largest absolute Gasteiger partial charge is 0.407 e. The van der Waals surface area contributed by atoms with Gasteiger partial charge in [0.05, 0.1) is 5.70 Å². The van der Waals surface area contributed by atoms with Crippen molar-refractivity contribution in [1.82, 2.24) is 10.3 Å². The van der Waals surface area contributed by atoms with Crippen LogP contribution in [0.5, 0.6) is 0 Å². The van der Waals surface area contributed by atoms with Crippen molar-refractivity contribution in [2.24, 2.45) is 10.7 Å². The highest BCUT2D eigenvalue weighted by molar-refractivity contribution is 5.99. The van der Waals surface area contributed by atoms with Crippen LogP contribution in [0.4, 0.5) is 13.2 Å². The number of carbonyl (C=O) groups is 1. The standard InChI is InChI=1S/C21H19F3N4O/c1-14-5-7-18(10-17(14)8-6-16-4-3-9-26-11-16)20(29)28-19(15(2)25)12-27-13-21(22,23)24/h3-5,7,9-12H,13,25H2,1-2H3,(H,28,29). The van der Waals surface area contributed by atoms with Gasteiger partial charge in [-0.15, -0.1) is 0 Å². The van der Waals surface area contributed by atoms with Gasteiger partial charge >= 0.3 is 6.18 Å². The predicted molar refractivity (Wildman–Crippen MR) is 105 cm³/mol. The number of nitrogens with zero attached hydrogens (tertiary/aromatic N) is 2. The summed E-state index contributed by atoms with van der Waals surface area (Å²) in [5.41, 5.74) is 8.30. The second-order valence-corrected chi connectivity index (χ2v) is 6.16. The predicted octanol–water partition coefficient (Wildman–Crippen LogP) is 3.34. The molecule has 8 heteroatoms. The van der Waals surface area contributed by atoms with E-state index in [0.29, 0.717) is 5.56 Å². The number of carbonyl (C=O) groups excluding carboxylic acids is 1. The number of hydrogen-bond donors (Lipinski definition) is 2. The molecule has 1 aromatic heterocycles. The number of nitrogens with two attached hydrogens (primary N) is 1. The van der Waals surface area contributed by atoms with Gasteiger partial charge in [-0.1, -0.05) is 17.9 Å². The Morgan fingerprint density at radius 3 is 2.69 bits per heavy atom. The van der Waals surface area contributed by atoms with Gasteiger partial charge in [0.15, 0.2) is 0 Å². The molecule has 0 saturated heterocycles. The molecule has 3 N–H and O–H groups in total. The molecule has 0 aliphatic rings. The van der Waals surface area contributed by atoms with Gasteiger partial charge in [-0.2, -0.15) is 13.2 Å². The van der Waals surface area contributed by atoms with Crippen molar-refractivity contribution in [3.05, 3.63) is 76.4 Å². The van der Waals surface area contributed by atoms with E-state index in [4.69, 9.17) is 5.73 Å². The molecule has 150 valence electrons. The number of halogens is 3. The van der Waals surface area contributed by atoms with Gasteiger partial charge in [0.1, 0.15) is 6.54 Å². The summed E-state index contributed by atoms with van der Waals surface area (Å²) < 4.78 is 36.7. The highest BCUT2D eigenvalue weighted by Gasteiger charge is 2.26. The van der Waals surface area contributed by atoms with Crippen LogP contribution in [-0.2, 0) is 0 Å². The molecule has 2 rings (SSSR count). The van der Waals surface area contributed by atoms with Gasteiger partial charge in [-0.3, -0.25) is 14.8 Å². The second-order valence-electron chi connectivity index (χ2n) is 6.16. The van der Waals surface area contributed by atoms with Crippen molar-refractivity contribution in [3.63, 3.8) is 0 Å². The van der Waals surface area contributed by atoms with Crippen molar-refractivity contribution in [2.45, 2.75) is 20.0 Å². The molecule has 1 aromatic carbocycles. The highest BCUT2D eigenvalue weighted by Crippen LogP contribution is 2.14. The quantitative estimate of drug-likeness (QED) is 0.610. The Hall–Kier alpha value is -3.60. The van der Waals surface area contributed by atoms with Gasteiger partial charge in [-0.05, 0) is 43.7 Å². The van der Waals surface area contributed by atoms with Crippen LogP contribution in [0.3, 0.4) is 0 Å². The van der Waals surface area contributed by atoms with Crippen LogP contribution in [0.2, 0.25) is 0 Å². The molecule has 0 aliphatic carbocycles. The first-order chi connectivity index (χ1) is 13.7. The fraction of sp³-hybridized carbons (Fsp3) is 0.190. The lowest BCUT2D eigenvalue weighted by Crippen LogP contribution is -2.26. The van der Waals surface area contributed by atoms with E-state index in [0.717, 1.165) is 17.3 Å². The molecule has 1 amide bonds. The maximum absolute atomic E-state index is 12.5. The first-order valence-corrected chi connectivity index (χ1v) is 8.52. The zero-order valence-corrected chi connectivity index (χ0v) is 15.8. The fourth-order valence-electron chi connectivity index (χ4n) is 2.14. The fourth-order valence-corrected chi connectivity index (χ4v) is 2.14. The summed E-state index contributed by atoms with van der Waals surface area (Å²) in [4.78, 5) is 19.8. The van der Waals surface area contributed by atoms with Crippen molar-refractivity contribution in [1.29, 1.82) is 0 Å². The molecule has 0 saturated carbocycles. The average Bonchev–Trinajstić information content (AvgIpc) is 2.66. The maximum atomic E-state index is 12.5.